The highest BCUT2D eigenvalue weighted by Crippen LogP contribution is 2.21. The first kappa shape index (κ1) is 16.6. The van der Waals surface area contributed by atoms with Crippen LogP contribution >= 0.6 is 0 Å². The third kappa shape index (κ3) is 2.94. The van der Waals surface area contributed by atoms with E-state index in [1.165, 1.54) is 4.90 Å². The van der Waals surface area contributed by atoms with Gasteiger partial charge in [0.15, 0.2) is 15.7 Å². The Balaban J connectivity index is 1.57. The van der Waals surface area contributed by atoms with E-state index in [0.29, 0.717) is 23.6 Å². The van der Waals surface area contributed by atoms with Gasteiger partial charge in [0.2, 0.25) is 0 Å². The van der Waals surface area contributed by atoms with Crippen molar-refractivity contribution < 1.29 is 13.2 Å². The zero-order chi connectivity index (χ0) is 18.3. The molecule has 0 aliphatic carbocycles. The first-order valence-electron chi connectivity index (χ1n) is 8.18. The third-order valence-corrected chi connectivity index (χ3v) is 6.41. The molecule has 1 fully saturated rings. The summed E-state index contributed by atoms with van der Waals surface area (Å²) in [6.45, 7) is 0. The number of aromatic nitrogens is 4. The van der Waals surface area contributed by atoms with E-state index in [9.17, 15) is 13.2 Å². The maximum absolute atomic E-state index is 12.6. The number of sulfone groups is 1. The van der Waals surface area contributed by atoms with Crippen molar-refractivity contribution in [3.63, 3.8) is 0 Å². The van der Waals surface area contributed by atoms with Gasteiger partial charge in [-0.3, -0.25) is 9.20 Å². The van der Waals surface area contributed by atoms with Crippen LogP contribution in [0.1, 0.15) is 16.8 Å². The second-order valence-corrected chi connectivity index (χ2v) is 8.59. The lowest BCUT2D eigenvalue weighted by atomic mass is 10.1. The minimum Gasteiger partial charge on any atom is -0.338 e. The molecule has 0 spiro atoms. The molecular weight excluding hydrogens is 354 g/mol. The lowest BCUT2D eigenvalue weighted by molar-refractivity contribution is 0.0747. The first-order valence-corrected chi connectivity index (χ1v) is 10.0. The highest BCUT2D eigenvalue weighted by atomic mass is 32.2. The Labute approximate surface area is 150 Å². The van der Waals surface area contributed by atoms with Gasteiger partial charge in [-0.25, -0.2) is 13.4 Å². The summed E-state index contributed by atoms with van der Waals surface area (Å²) >= 11 is 0. The number of hydrogen-bond donors (Lipinski definition) is 0. The minimum absolute atomic E-state index is 0.0338. The van der Waals surface area contributed by atoms with Gasteiger partial charge in [0.25, 0.3) is 11.7 Å². The normalized spacial score (nSPS) is 18.9. The third-order valence-electron chi connectivity index (χ3n) is 4.66. The highest BCUT2D eigenvalue weighted by Gasteiger charge is 2.33. The molecule has 134 valence electrons. The highest BCUT2D eigenvalue weighted by molar-refractivity contribution is 7.91. The summed E-state index contributed by atoms with van der Waals surface area (Å²) in [6.07, 6.45) is 3.96. The molecule has 1 aliphatic heterocycles. The average Bonchev–Trinajstić information content (AvgIpc) is 3.24. The summed E-state index contributed by atoms with van der Waals surface area (Å²) in [5.41, 5.74) is 1.32. The molecule has 0 saturated carbocycles. The zero-order valence-electron chi connectivity index (χ0n) is 14.1. The molecule has 1 amide bonds. The van der Waals surface area contributed by atoms with Crippen molar-refractivity contribution in [1.82, 2.24) is 24.5 Å². The van der Waals surface area contributed by atoms with Crippen LogP contribution in [0.25, 0.3) is 17.2 Å². The van der Waals surface area contributed by atoms with E-state index in [4.69, 9.17) is 0 Å². The Morgan fingerprint density at radius 1 is 1.23 bits per heavy atom. The molecule has 26 heavy (non-hydrogen) atoms. The fourth-order valence-electron chi connectivity index (χ4n) is 3.15. The Kier molecular flexibility index (Phi) is 3.95. The van der Waals surface area contributed by atoms with E-state index in [2.05, 4.69) is 15.2 Å². The summed E-state index contributed by atoms with van der Waals surface area (Å²) in [7, 11) is -1.38. The van der Waals surface area contributed by atoms with Gasteiger partial charge in [0.05, 0.1) is 11.5 Å². The summed E-state index contributed by atoms with van der Waals surface area (Å²) in [4.78, 5) is 18.3. The molecule has 1 unspecified atom stereocenters. The standard InChI is InChI=1S/C17H17N5O3S/c1-21(14-7-10-26(24,25)11-14)16(23)13-5-3-12(4-6-13)15-19-20-17-18-8-2-9-22(15)17/h2-6,8-9,14H,7,10-11H2,1H3. The maximum Gasteiger partial charge on any atom is 0.255 e. The number of benzene rings is 1. The van der Waals surface area contributed by atoms with Crippen LogP contribution in [0.4, 0.5) is 0 Å². The van der Waals surface area contributed by atoms with Crippen LogP contribution in [-0.2, 0) is 9.84 Å². The summed E-state index contributed by atoms with van der Waals surface area (Å²) in [5, 5.41) is 8.16. The molecule has 2 aromatic heterocycles. The van der Waals surface area contributed by atoms with Crippen molar-refractivity contribution in [3.05, 3.63) is 48.3 Å². The Bertz CT molecular complexity index is 1080. The van der Waals surface area contributed by atoms with Crippen molar-refractivity contribution >= 4 is 21.5 Å². The average molecular weight is 371 g/mol. The molecule has 0 N–H and O–H groups in total. The number of carbonyl (C=O) groups excluding carboxylic acids is 1. The van der Waals surface area contributed by atoms with Crippen LogP contribution < -0.4 is 0 Å². The quantitative estimate of drug-likeness (QED) is 0.683. The second-order valence-electron chi connectivity index (χ2n) is 6.36. The number of nitrogens with zero attached hydrogens (tertiary/aromatic N) is 5. The fraction of sp³-hybridized carbons (Fsp3) is 0.294. The zero-order valence-corrected chi connectivity index (χ0v) is 14.9. The topological polar surface area (TPSA) is 97.5 Å². The van der Waals surface area contributed by atoms with Crippen molar-refractivity contribution in [2.45, 2.75) is 12.5 Å². The Morgan fingerprint density at radius 2 is 2.00 bits per heavy atom. The number of hydrogen-bond acceptors (Lipinski definition) is 6. The molecular formula is C17H17N5O3S. The predicted octanol–water partition coefficient (Wildman–Crippen LogP) is 1.05. The SMILES string of the molecule is CN(C(=O)c1ccc(-c2nnc3ncccn23)cc1)C1CCS(=O)(=O)C1. The van der Waals surface area contributed by atoms with Gasteiger partial charge in [-0.1, -0.05) is 12.1 Å². The van der Waals surface area contributed by atoms with Crippen LogP contribution in [0.2, 0.25) is 0 Å². The van der Waals surface area contributed by atoms with Gasteiger partial charge >= 0.3 is 0 Å². The van der Waals surface area contributed by atoms with Crippen LogP contribution in [0.3, 0.4) is 0 Å². The van der Waals surface area contributed by atoms with Gasteiger partial charge in [-0.2, -0.15) is 0 Å². The van der Waals surface area contributed by atoms with Crippen molar-refractivity contribution in [2.75, 3.05) is 18.6 Å². The van der Waals surface area contributed by atoms with Crippen LogP contribution in [0.5, 0.6) is 0 Å². The minimum atomic E-state index is -3.03. The van der Waals surface area contributed by atoms with Gasteiger partial charge in [0, 0.05) is 36.6 Å². The number of fused-ring (bicyclic) bond motifs is 1. The first-order chi connectivity index (χ1) is 12.4. The molecule has 4 rings (SSSR count). The smallest absolute Gasteiger partial charge is 0.255 e. The number of rotatable bonds is 3. The molecule has 1 aromatic carbocycles. The molecule has 3 heterocycles. The van der Waals surface area contributed by atoms with E-state index in [0.717, 1.165) is 5.56 Å². The van der Waals surface area contributed by atoms with E-state index in [1.807, 2.05) is 6.20 Å². The molecule has 3 aromatic rings. The van der Waals surface area contributed by atoms with E-state index < -0.39 is 9.84 Å². The van der Waals surface area contributed by atoms with Gasteiger partial charge < -0.3 is 4.90 Å². The number of amides is 1. The van der Waals surface area contributed by atoms with Crippen LogP contribution in [-0.4, -0.2) is 63.4 Å². The molecule has 0 bridgehead atoms. The Morgan fingerprint density at radius 3 is 2.69 bits per heavy atom. The second kappa shape index (κ2) is 6.17. The summed E-state index contributed by atoms with van der Waals surface area (Å²) < 4.78 is 25.0. The van der Waals surface area contributed by atoms with E-state index >= 15 is 0 Å². The van der Waals surface area contributed by atoms with Crippen LogP contribution in [0, 0.1) is 0 Å². The molecule has 0 radical (unpaired) electrons. The summed E-state index contributed by atoms with van der Waals surface area (Å²) in [5.74, 6) is 1.13. The molecule has 1 atom stereocenters. The fourth-order valence-corrected chi connectivity index (χ4v) is 4.93. The van der Waals surface area contributed by atoms with E-state index in [-0.39, 0.29) is 23.5 Å². The number of carbonyl (C=O) groups is 1. The van der Waals surface area contributed by atoms with Gasteiger partial charge in [0.1, 0.15) is 0 Å². The van der Waals surface area contributed by atoms with Crippen LogP contribution in [0.15, 0.2) is 42.7 Å². The van der Waals surface area contributed by atoms with Crippen molar-refractivity contribution in [3.8, 4) is 11.4 Å². The van der Waals surface area contributed by atoms with Gasteiger partial charge in [-0.15, -0.1) is 10.2 Å². The molecule has 8 nitrogen and oxygen atoms in total. The van der Waals surface area contributed by atoms with Crippen molar-refractivity contribution in [2.24, 2.45) is 0 Å². The van der Waals surface area contributed by atoms with Gasteiger partial charge in [-0.05, 0) is 24.6 Å². The maximum atomic E-state index is 12.6. The van der Waals surface area contributed by atoms with Crippen molar-refractivity contribution in [1.29, 1.82) is 0 Å². The molecule has 1 aliphatic rings. The molecule has 9 heteroatoms. The van der Waals surface area contributed by atoms with E-state index in [1.54, 1.807) is 48.0 Å². The molecule has 1 saturated heterocycles. The predicted molar refractivity (Wildman–Crippen MR) is 95.4 cm³/mol. The Hall–Kier alpha value is -2.81. The monoisotopic (exact) mass is 371 g/mol. The lowest BCUT2D eigenvalue weighted by Crippen LogP contribution is -2.37. The summed E-state index contributed by atoms with van der Waals surface area (Å²) in [6, 6.07) is 8.57. The lowest BCUT2D eigenvalue weighted by Gasteiger charge is -2.23. The largest absolute Gasteiger partial charge is 0.338 e.